The number of aryl methyl sites for hydroxylation is 1. The molecular weight excluding hydrogens is 144 g/mol. The van der Waals surface area contributed by atoms with Crippen LogP contribution in [0.25, 0.3) is 0 Å². The summed E-state index contributed by atoms with van der Waals surface area (Å²) in [6.45, 7) is 1.65. The maximum absolute atomic E-state index is 10.5. The van der Waals surface area contributed by atoms with Gasteiger partial charge in [-0.3, -0.25) is 4.79 Å². The van der Waals surface area contributed by atoms with Crippen LogP contribution in [0.15, 0.2) is 12.4 Å². The van der Waals surface area contributed by atoms with E-state index in [-0.39, 0.29) is 0 Å². The van der Waals surface area contributed by atoms with Gasteiger partial charge in [0.2, 0.25) is 0 Å². The Kier molecular flexibility index (Phi) is 1.94. The standard InChI is InChI=1S/C7H10N2O2/c1-5(7(10)11)6-8-3-4-9(6)2/h3-5H,1-2H3,(H,10,11)/p+1. The molecule has 0 fully saturated rings. The Balaban J connectivity index is 2.92. The topological polar surface area (TPSA) is 57.0 Å². The van der Waals surface area contributed by atoms with Crippen molar-refractivity contribution in [1.82, 2.24) is 4.98 Å². The van der Waals surface area contributed by atoms with Gasteiger partial charge in [-0.25, -0.2) is 9.55 Å². The number of carboxylic acid groups (broad SMARTS) is 1. The minimum absolute atomic E-state index is 0.477. The van der Waals surface area contributed by atoms with E-state index in [4.69, 9.17) is 5.11 Å². The molecule has 0 radical (unpaired) electrons. The molecule has 1 rings (SSSR count). The van der Waals surface area contributed by atoms with Crippen LogP contribution < -0.4 is 4.57 Å². The largest absolute Gasteiger partial charge is 0.481 e. The second-order valence-corrected chi connectivity index (χ2v) is 2.52. The second-order valence-electron chi connectivity index (χ2n) is 2.52. The zero-order valence-electron chi connectivity index (χ0n) is 6.53. The fourth-order valence-corrected chi connectivity index (χ4v) is 0.964. The molecular formula is C7H11N2O2+. The van der Waals surface area contributed by atoms with Crippen LogP contribution in [0.5, 0.6) is 0 Å². The highest BCUT2D eigenvalue weighted by molar-refractivity contribution is 5.73. The van der Waals surface area contributed by atoms with E-state index in [0.717, 1.165) is 0 Å². The quantitative estimate of drug-likeness (QED) is 0.592. The molecule has 4 heteroatoms. The molecule has 0 aromatic carbocycles. The molecule has 1 aromatic heterocycles. The smallest absolute Gasteiger partial charge is 0.318 e. The van der Waals surface area contributed by atoms with Crippen LogP contribution in [-0.2, 0) is 11.8 Å². The van der Waals surface area contributed by atoms with Crippen molar-refractivity contribution in [3.8, 4) is 0 Å². The Morgan fingerprint density at radius 1 is 1.82 bits per heavy atom. The molecule has 0 spiro atoms. The lowest BCUT2D eigenvalue weighted by Crippen LogP contribution is -2.33. The number of aromatic amines is 1. The number of hydrogen-bond acceptors (Lipinski definition) is 1. The second kappa shape index (κ2) is 2.74. The summed E-state index contributed by atoms with van der Waals surface area (Å²) >= 11 is 0. The number of aliphatic carboxylic acids is 1. The van der Waals surface area contributed by atoms with Gasteiger partial charge in [-0.15, -0.1) is 0 Å². The maximum atomic E-state index is 10.5. The van der Waals surface area contributed by atoms with Crippen molar-refractivity contribution in [2.24, 2.45) is 7.05 Å². The summed E-state index contributed by atoms with van der Waals surface area (Å²) in [5.74, 6) is -0.587. The van der Waals surface area contributed by atoms with Gasteiger partial charge in [0.1, 0.15) is 12.4 Å². The lowest BCUT2D eigenvalue weighted by atomic mass is 10.2. The molecule has 1 heterocycles. The molecule has 4 nitrogen and oxygen atoms in total. The SMILES string of the molecule is CC(C(=O)O)c1[nH]cc[n+]1C. The Hall–Kier alpha value is -1.32. The maximum Gasteiger partial charge on any atom is 0.318 e. The zero-order valence-corrected chi connectivity index (χ0v) is 6.53. The van der Waals surface area contributed by atoms with Crippen LogP contribution in [0.1, 0.15) is 18.7 Å². The van der Waals surface area contributed by atoms with E-state index < -0.39 is 11.9 Å². The molecule has 0 bridgehead atoms. The Morgan fingerprint density at radius 2 is 2.45 bits per heavy atom. The number of nitrogens with one attached hydrogen (secondary N) is 1. The highest BCUT2D eigenvalue weighted by atomic mass is 16.4. The van der Waals surface area contributed by atoms with Crippen molar-refractivity contribution in [2.75, 3.05) is 0 Å². The summed E-state index contributed by atoms with van der Waals surface area (Å²) < 4.78 is 1.76. The minimum atomic E-state index is -0.817. The first-order chi connectivity index (χ1) is 5.13. The molecule has 0 amide bonds. The molecule has 0 aliphatic carbocycles. The van der Waals surface area contributed by atoms with E-state index >= 15 is 0 Å². The van der Waals surface area contributed by atoms with Crippen LogP contribution in [0, 0.1) is 0 Å². The van der Waals surface area contributed by atoms with Gasteiger partial charge >= 0.3 is 5.97 Å². The Bertz CT molecular complexity index is 267. The third-order valence-corrected chi connectivity index (χ3v) is 1.69. The van der Waals surface area contributed by atoms with Crippen LogP contribution in [0.4, 0.5) is 0 Å². The molecule has 0 aliphatic heterocycles. The van der Waals surface area contributed by atoms with E-state index in [1.165, 1.54) is 0 Å². The third kappa shape index (κ3) is 1.39. The lowest BCUT2D eigenvalue weighted by molar-refractivity contribution is -0.678. The van der Waals surface area contributed by atoms with E-state index in [1.807, 2.05) is 7.05 Å². The number of nitrogens with zero attached hydrogens (tertiary/aromatic N) is 1. The van der Waals surface area contributed by atoms with Crippen LogP contribution in [0.2, 0.25) is 0 Å². The summed E-state index contributed by atoms with van der Waals surface area (Å²) in [6, 6.07) is 0. The highest BCUT2D eigenvalue weighted by Crippen LogP contribution is 2.06. The number of imidazole rings is 1. The summed E-state index contributed by atoms with van der Waals surface area (Å²) in [4.78, 5) is 13.4. The van der Waals surface area contributed by atoms with Gasteiger partial charge in [0.25, 0.3) is 5.82 Å². The zero-order chi connectivity index (χ0) is 8.43. The van der Waals surface area contributed by atoms with Crippen molar-refractivity contribution < 1.29 is 14.5 Å². The average molecular weight is 155 g/mol. The number of rotatable bonds is 2. The van der Waals surface area contributed by atoms with Gasteiger partial charge in [0.05, 0.1) is 7.05 Å². The van der Waals surface area contributed by atoms with E-state index in [9.17, 15) is 4.79 Å². The van der Waals surface area contributed by atoms with Crippen molar-refractivity contribution in [3.05, 3.63) is 18.2 Å². The lowest BCUT2D eigenvalue weighted by Gasteiger charge is -1.98. The molecule has 0 saturated heterocycles. The predicted octanol–water partition coefficient (Wildman–Crippen LogP) is 0.0273. The van der Waals surface area contributed by atoms with Crippen LogP contribution in [0.3, 0.4) is 0 Å². The summed E-state index contributed by atoms with van der Waals surface area (Å²) in [5, 5.41) is 8.64. The normalized spacial score (nSPS) is 12.9. The summed E-state index contributed by atoms with van der Waals surface area (Å²) in [6.07, 6.45) is 3.50. The molecule has 60 valence electrons. The molecule has 1 atom stereocenters. The molecule has 0 aliphatic rings. The van der Waals surface area contributed by atoms with Gasteiger partial charge < -0.3 is 5.11 Å². The van der Waals surface area contributed by atoms with Crippen molar-refractivity contribution in [3.63, 3.8) is 0 Å². The van der Waals surface area contributed by atoms with Gasteiger partial charge in [-0.2, -0.15) is 0 Å². The van der Waals surface area contributed by atoms with E-state index in [0.29, 0.717) is 5.82 Å². The molecule has 1 unspecified atom stereocenters. The summed E-state index contributed by atoms with van der Waals surface area (Å²) in [7, 11) is 1.81. The first-order valence-corrected chi connectivity index (χ1v) is 3.38. The van der Waals surface area contributed by atoms with E-state index in [2.05, 4.69) is 4.98 Å². The average Bonchev–Trinajstić information content (AvgIpc) is 2.33. The van der Waals surface area contributed by atoms with Crippen LogP contribution in [-0.4, -0.2) is 16.1 Å². The van der Waals surface area contributed by atoms with Crippen molar-refractivity contribution in [1.29, 1.82) is 0 Å². The number of carboxylic acids is 1. The van der Waals surface area contributed by atoms with Crippen molar-refractivity contribution >= 4 is 5.97 Å². The van der Waals surface area contributed by atoms with Crippen molar-refractivity contribution in [2.45, 2.75) is 12.8 Å². The fourth-order valence-electron chi connectivity index (χ4n) is 0.964. The first kappa shape index (κ1) is 7.78. The monoisotopic (exact) mass is 155 g/mol. The number of H-pyrrole nitrogens is 1. The van der Waals surface area contributed by atoms with Gasteiger partial charge in [-0.1, -0.05) is 0 Å². The minimum Gasteiger partial charge on any atom is -0.481 e. The van der Waals surface area contributed by atoms with Gasteiger partial charge in [0, 0.05) is 0 Å². The summed E-state index contributed by atoms with van der Waals surface area (Å²) in [5.41, 5.74) is 0. The Morgan fingerprint density at radius 3 is 2.82 bits per heavy atom. The molecule has 11 heavy (non-hydrogen) atoms. The Labute approximate surface area is 64.5 Å². The number of carbonyl (C=O) groups is 1. The highest BCUT2D eigenvalue weighted by Gasteiger charge is 2.22. The fraction of sp³-hybridized carbons (Fsp3) is 0.429. The van der Waals surface area contributed by atoms with E-state index in [1.54, 1.807) is 23.9 Å². The first-order valence-electron chi connectivity index (χ1n) is 3.38. The predicted molar refractivity (Wildman–Crippen MR) is 38.0 cm³/mol. The third-order valence-electron chi connectivity index (χ3n) is 1.69. The number of hydrogen-bond donors (Lipinski definition) is 2. The van der Waals surface area contributed by atoms with Gasteiger partial charge in [0.15, 0.2) is 5.92 Å². The molecule has 2 N–H and O–H groups in total. The molecule has 0 saturated carbocycles. The molecule has 1 aromatic rings. The van der Waals surface area contributed by atoms with Gasteiger partial charge in [-0.05, 0) is 6.92 Å². The number of aromatic nitrogens is 2. The van der Waals surface area contributed by atoms with Crippen LogP contribution >= 0.6 is 0 Å².